The molecule has 2 aromatic carbocycles. The van der Waals surface area contributed by atoms with Crippen LogP contribution in [0.1, 0.15) is 36.5 Å². The largest absolute Gasteiger partial charge is 0.386 e. The van der Waals surface area contributed by atoms with Crippen molar-refractivity contribution in [1.82, 2.24) is 9.88 Å². The van der Waals surface area contributed by atoms with Crippen molar-refractivity contribution >= 4 is 16.7 Å². The summed E-state index contributed by atoms with van der Waals surface area (Å²) in [6.07, 6.45) is 6.58. The molecule has 0 aliphatic heterocycles. The van der Waals surface area contributed by atoms with Gasteiger partial charge < -0.3 is 10.0 Å². The first-order valence-corrected chi connectivity index (χ1v) is 10.0. The number of rotatable bonds is 7. The van der Waals surface area contributed by atoms with E-state index in [9.17, 15) is 9.90 Å². The van der Waals surface area contributed by atoms with E-state index >= 15 is 0 Å². The normalized spacial score (nSPS) is 15.2. The van der Waals surface area contributed by atoms with Crippen molar-refractivity contribution in [2.45, 2.75) is 31.8 Å². The molecular formula is C24H26N2O2. The molecule has 0 radical (unpaired) electrons. The molecule has 0 unspecified atom stereocenters. The molecule has 1 atom stereocenters. The maximum atomic E-state index is 13.1. The van der Waals surface area contributed by atoms with Gasteiger partial charge in [-0.25, -0.2) is 0 Å². The van der Waals surface area contributed by atoms with Crippen molar-refractivity contribution in [3.05, 3.63) is 78.1 Å². The van der Waals surface area contributed by atoms with Gasteiger partial charge in [0, 0.05) is 24.5 Å². The van der Waals surface area contributed by atoms with E-state index in [0.717, 1.165) is 23.1 Å². The molecule has 3 aromatic rings. The fourth-order valence-corrected chi connectivity index (χ4v) is 3.79. The van der Waals surface area contributed by atoms with Gasteiger partial charge in [0.2, 0.25) is 5.91 Å². The van der Waals surface area contributed by atoms with E-state index in [-0.39, 0.29) is 5.91 Å². The summed E-state index contributed by atoms with van der Waals surface area (Å²) >= 11 is 0. The summed E-state index contributed by atoms with van der Waals surface area (Å²) in [5.41, 5.74) is 1.76. The lowest BCUT2D eigenvalue weighted by atomic mass is 9.85. The molecule has 1 amide bonds. The first kappa shape index (κ1) is 18.6. The topological polar surface area (TPSA) is 53.4 Å². The van der Waals surface area contributed by atoms with Gasteiger partial charge in [-0.15, -0.1) is 0 Å². The summed E-state index contributed by atoms with van der Waals surface area (Å²) in [5, 5.41) is 12.9. The minimum Gasteiger partial charge on any atom is -0.386 e. The van der Waals surface area contributed by atoms with Crippen LogP contribution >= 0.6 is 0 Å². The van der Waals surface area contributed by atoms with Crippen molar-refractivity contribution in [2.24, 2.45) is 5.92 Å². The number of pyridine rings is 1. The predicted octanol–water partition coefficient (Wildman–Crippen LogP) is 4.14. The summed E-state index contributed by atoms with van der Waals surface area (Å²) in [6, 6.07) is 18.0. The van der Waals surface area contributed by atoms with E-state index in [1.54, 1.807) is 12.4 Å². The van der Waals surface area contributed by atoms with Crippen LogP contribution in [0.25, 0.3) is 10.8 Å². The SMILES string of the molecule is O=C(Cc1ccc2ccccc2c1)N(CC1CCC1)C[C@@H](O)c1cccnc1. The van der Waals surface area contributed by atoms with Crippen molar-refractivity contribution in [3.63, 3.8) is 0 Å². The molecule has 1 heterocycles. The van der Waals surface area contributed by atoms with Gasteiger partial charge in [-0.05, 0) is 41.2 Å². The van der Waals surface area contributed by atoms with Crippen LogP contribution < -0.4 is 0 Å². The monoisotopic (exact) mass is 374 g/mol. The lowest BCUT2D eigenvalue weighted by Gasteiger charge is -2.33. The quantitative estimate of drug-likeness (QED) is 0.676. The van der Waals surface area contributed by atoms with Crippen LogP contribution in [0.5, 0.6) is 0 Å². The molecular weight excluding hydrogens is 348 g/mol. The summed E-state index contributed by atoms with van der Waals surface area (Å²) in [6.45, 7) is 1.04. The molecule has 1 aromatic heterocycles. The number of benzene rings is 2. The molecule has 1 fully saturated rings. The molecule has 1 aliphatic carbocycles. The van der Waals surface area contributed by atoms with Crippen LogP contribution in [-0.2, 0) is 11.2 Å². The van der Waals surface area contributed by atoms with E-state index in [1.165, 1.54) is 24.6 Å². The van der Waals surface area contributed by atoms with Gasteiger partial charge in [0.05, 0.1) is 19.1 Å². The van der Waals surface area contributed by atoms with Crippen molar-refractivity contribution in [1.29, 1.82) is 0 Å². The van der Waals surface area contributed by atoms with Gasteiger partial charge in [-0.2, -0.15) is 0 Å². The summed E-state index contributed by atoms with van der Waals surface area (Å²) < 4.78 is 0. The van der Waals surface area contributed by atoms with Gasteiger partial charge >= 0.3 is 0 Å². The first-order chi connectivity index (χ1) is 13.7. The molecule has 1 saturated carbocycles. The molecule has 0 saturated heterocycles. The molecule has 4 heteroatoms. The highest BCUT2D eigenvalue weighted by Crippen LogP contribution is 2.28. The highest BCUT2D eigenvalue weighted by molar-refractivity contribution is 5.85. The predicted molar refractivity (Wildman–Crippen MR) is 111 cm³/mol. The van der Waals surface area contributed by atoms with Gasteiger partial charge in [-0.3, -0.25) is 9.78 Å². The van der Waals surface area contributed by atoms with Crippen molar-refractivity contribution in [2.75, 3.05) is 13.1 Å². The van der Waals surface area contributed by atoms with Crippen LogP contribution in [0, 0.1) is 5.92 Å². The number of aliphatic hydroxyl groups excluding tert-OH is 1. The van der Waals surface area contributed by atoms with E-state index < -0.39 is 6.10 Å². The number of carbonyl (C=O) groups excluding carboxylic acids is 1. The number of hydrogen-bond acceptors (Lipinski definition) is 3. The number of aliphatic hydroxyl groups is 1. The lowest BCUT2D eigenvalue weighted by Crippen LogP contribution is -2.40. The number of fused-ring (bicyclic) bond motifs is 1. The smallest absolute Gasteiger partial charge is 0.227 e. The van der Waals surface area contributed by atoms with Gasteiger partial charge in [0.15, 0.2) is 0 Å². The molecule has 1 aliphatic rings. The maximum absolute atomic E-state index is 13.1. The van der Waals surface area contributed by atoms with Crippen LogP contribution in [0.3, 0.4) is 0 Å². The highest BCUT2D eigenvalue weighted by Gasteiger charge is 2.25. The second kappa shape index (κ2) is 8.53. The van der Waals surface area contributed by atoms with Gasteiger partial charge in [0.25, 0.3) is 0 Å². The van der Waals surface area contributed by atoms with Crippen LogP contribution in [0.15, 0.2) is 67.0 Å². The molecule has 4 rings (SSSR count). The Balaban J connectivity index is 1.48. The molecule has 4 nitrogen and oxygen atoms in total. The maximum Gasteiger partial charge on any atom is 0.227 e. The molecule has 1 N–H and O–H groups in total. The van der Waals surface area contributed by atoms with Crippen molar-refractivity contribution < 1.29 is 9.90 Å². The van der Waals surface area contributed by atoms with Crippen LogP contribution in [-0.4, -0.2) is 34.0 Å². The van der Waals surface area contributed by atoms with E-state index in [2.05, 4.69) is 29.2 Å². The Labute approximate surface area is 165 Å². The summed E-state index contributed by atoms with van der Waals surface area (Å²) in [4.78, 5) is 19.0. The second-order valence-corrected chi connectivity index (χ2v) is 7.76. The minimum absolute atomic E-state index is 0.0742. The Hall–Kier alpha value is -2.72. The van der Waals surface area contributed by atoms with Crippen LogP contribution in [0.4, 0.5) is 0 Å². The Morgan fingerprint density at radius 1 is 1.11 bits per heavy atom. The fourth-order valence-electron chi connectivity index (χ4n) is 3.79. The summed E-state index contributed by atoms with van der Waals surface area (Å²) in [5.74, 6) is 0.631. The van der Waals surface area contributed by atoms with E-state index in [4.69, 9.17) is 0 Å². The van der Waals surface area contributed by atoms with E-state index in [1.807, 2.05) is 35.2 Å². The Morgan fingerprint density at radius 2 is 1.93 bits per heavy atom. The average molecular weight is 374 g/mol. The number of nitrogens with zero attached hydrogens (tertiary/aromatic N) is 2. The third-order valence-corrected chi connectivity index (χ3v) is 5.69. The van der Waals surface area contributed by atoms with Gasteiger partial charge in [-0.1, -0.05) is 55.0 Å². The first-order valence-electron chi connectivity index (χ1n) is 10.0. The molecule has 0 bridgehead atoms. The zero-order valence-electron chi connectivity index (χ0n) is 16.0. The summed E-state index contributed by atoms with van der Waals surface area (Å²) in [7, 11) is 0. The molecule has 144 valence electrons. The Kier molecular flexibility index (Phi) is 5.68. The number of carbonyl (C=O) groups is 1. The Bertz CT molecular complexity index is 938. The van der Waals surface area contributed by atoms with Gasteiger partial charge in [0.1, 0.15) is 0 Å². The number of hydrogen-bond donors (Lipinski definition) is 1. The standard InChI is InChI=1S/C24H26N2O2/c27-23(22-9-4-12-25-15-22)17-26(16-18-5-3-6-18)24(28)14-19-10-11-20-7-1-2-8-21(20)13-19/h1-2,4,7-13,15,18,23,27H,3,5-6,14,16-17H2/t23-/m1/s1. The average Bonchev–Trinajstić information content (AvgIpc) is 2.70. The van der Waals surface area contributed by atoms with E-state index in [0.29, 0.717) is 18.9 Å². The zero-order valence-corrected chi connectivity index (χ0v) is 16.0. The molecule has 0 spiro atoms. The zero-order chi connectivity index (χ0) is 19.3. The van der Waals surface area contributed by atoms with Crippen LogP contribution in [0.2, 0.25) is 0 Å². The number of amides is 1. The lowest BCUT2D eigenvalue weighted by molar-refractivity contribution is -0.133. The third-order valence-electron chi connectivity index (χ3n) is 5.69. The third kappa shape index (κ3) is 4.39. The van der Waals surface area contributed by atoms with Crippen molar-refractivity contribution in [3.8, 4) is 0 Å². The second-order valence-electron chi connectivity index (χ2n) is 7.76. The number of aromatic nitrogens is 1. The minimum atomic E-state index is -0.714. The highest BCUT2D eigenvalue weighted by atomic mass is 16.3. The molecule has 28 heavy (non-hydrogen) atoms. The fraction of sp³-hybridized carbons (Fsp3) is 0.333. The Morgan fingerprint density at radius 3 is 2.64 bits per heavy atom.